The Hall–Kier alpha value is -2.49. The van der Waals surface area contributed by atoms with Crippen molar-refractivity contribution in [2.75, 3.05) is 6.54 Å². The Labute approximate surface area is 194 Å². The lowest BCUT2D eigenvalue weighted by atomic mass is 10.2. The van der Waals surface area contributed by atoms with Crippen molar-refractivity contribution in [2.45, 2.75) is 57.2 Å². The Morgan fingerprint density at radius 1 is 1.09 bits per heavy atom. The molecule has 0 aliphatic rings. The molecular formula is C23H27N5O2S2. The first-order valence-electron chi connectivity index (χ1n) is 10.7. The third-order valence-electron chi connectivity index (χ3n) is 5.44. The number of rotatable bonds is 8. The van der Waals surface area contributed by atoms with Crippen molar-refractivity contribution in [3.63, 3.8) is 0 Å². The summed E-state index contributed by atoms with van der Waals surface area (Å²) in [4.78, 5) is 38.1. The predicted molar refractivity (Wildman–Crippen MR) is 132 cm³/mol. The summed E-state index contributed by atoms with van der Waals surface area (Å²) in [5, 5.41) is 3.11. The van der Waals surface area contributed by atoms with E-state index in [2.05, 4.69) is 37.6 Å². The zero-order valence-electron chi connectivity index (χ0n) is 18.7. The molecule has 7 nitrogen and oxygen atoms in total. The molecule has 0 aliphatic heterocycles. The van der Waals surface area contributed by atoms with E-state index >= 15 is 0 Å². The highest BCUT2D eigenvalue weighted by atomic mass is 32.2. The minimum atomic E-state index is -0.0970. The second-order valence-corrected chi connectivity index (χ2v) is 10.0. The molecule has 3 heterocycles. The summed E-state index contributed by atoms with van der Waals surface area (Å²) >= 11 is 2.87. The highest BCUT2D eigenvalue weighted by Crippen LogP contribution is 2.22. The number of benzene rings is 1. The van der Waals surface area contributed by atoms with Gasteiger partial charge in [-0.2, -0.15) is 0 Å². The van der Waals surface area contributed by atoms with Gasteiger partial charge in [0.2, 0.25) is 0 Å². The number of aromatic nitrogens is 4. The van der Waals surface area contributed by atoms with Crippen LogP contribution in [0.1, 0.15) is 33.4 Å². The standard InChI is InChI=1S/C23H27N5O2S2/c1-15(2)26(16(3)4)9-10-28-21(30)18-7-5-6-8-19(18)25-23(28)32-14-17-13-20(29)27-11-12-31-22(27)24-17/h5-8,11-13,15-16H,9-10,14H2,1-4H3. The smallest absolute Gasteiger partial charge is 0.262 e. The van der Waals surface area contributed by atoms with Crippen LogP contribution in [0.5, 0.6) is 0 Å². The Kier molecular flexibility index (Phi) is 6.78. The molecule has 0 amide bonds. The fourth-order valence-electron chi connectivity index (χ4n) is 3.88. The molecule has 4 rings (SSSR count). The molecule has 0 fully saturated rings. The maximum Gasteiger partial charge on any atom is 0.262 e. The molecule has 0 radical (unpaired) electrons. The zero-order chi connectivity index (χ0) is 22.8. The van der Waals surface area contributed by atoms with E-state index in [-0.39, 0.29) is 11.1 Å². The number of thiazole rings is 1. The van der Waals surface area contributed by atoms with Crippen LogP contribution in [0.2, 0.25) is 0 Å². The molecule has 0 atom stereocenters. The lowest BCUT2D eigenvalue weighted by molar-refractivity contribution is 0.166. The molecule has 0 bridgehead atoms. The molecule has 32 heavy (non-hydrogen) atoms. The Balaban J connectivity index is 1.67. The molecule has 0 aliphatic carbocycles. The summed E-state index contributed by atoms with van der Waals surface area (Å²) in [6.07, 6.45) is 1.73. The minimum Gasteiger partial charge on any atom is -0.297 e. The number of hydrogen-bond acceptors (Lipinski definition) is 7. The molecule has 0 saturated carbocycles. The average molecular weight is 470 g/mol. The monoisotopic (exact) mass is 469 g/mol. The molecule has 0 N–H and O–H groups in total. The largest absolute Gasteiger partial charge is 0.297 e. The van der Waals surface area contributed by atoms with Crippen LogP contribution in [0.15, 0.2) is 56.7 Å². The van der Waals surface area contributed by atoms with E-state index in [1.807, 2.05) is 29.6 Å². The van der Waals surface area contributed by atoms with Gasteiger partial charge in [-0.05, 0) is 39.8 Å². The molecular weight excluding hydrogens is 442 g/mol. The van der Waals surface area contributed by atoms with Crippen molar-refractivity contribution in [2.24, 2.45) is 0 Å². The summed E-state index contributed by atoms with van der Waals surface area (Å²) in [6.45, 7) is 9.98. The van der Waals surface area contributed by atoms with Gasteiger partial charge in [0.15, 0.2) is 10.1 Å². The Morgan fingerprint density at radius 2 is 1.84 bits per heavy atom. The first kappa shape index (κ1) is 22.7. The minimum absolute atomic E-state index is 0.0349. The number of hydrogen-bond donors (Lipinski definition) is 0. The van der Waals surface area contributed by atoms with Gasteiger partial charge in [0, 0.05) is 48.6 Å². The van der Waals surface area contributed by atoms with Crippen molar-refractivity contribution in [3.8, 4) is 0 Å². The number of nitrogens with zero attached hydrogens (tertiary/aromatic N) is 5. The second-order valence-electron chi connectivity index (χ2n) is 8.22. The van der Waals surface area contributed by atoms with Gasteiger partial charge < -0.3 is 0 Å². The summed E-state index contributed by atoms with van der Waals surface area (Å²) < 4.78 is 3.30. The molecule has 0 spiro atoms. The normalized spacial score (nSPS) is 12.1. The van der Waals surface area contributed by atoms with Crippen LogP contribution >= 0.6 is 23.1 Å². The molecule has 168 valence electrons. The van der Waals surface area contributed by atoms with Crippen LogP contribution < -0.4 is 11.1 Å². The summed E-state index contributed by atoms with van der Waals surface area (Å²) in [6, 6.07) is 9.75. The fourth-order valence-corrected chi connectivity index (χ4v) is 5.54. The third kappa shape index (κ3) is 4.65. The summed E-state index contributed by atoms with van der Waals surface area (Å²) in [5.74, 6) is 0.465. The van der Waals surface area contributed by atoms with Crippen LogP contribution in [0.3, 0.4) is 0 Å². The van der Waals surface area contributed by atoms with Gasteiger partial charge in [0.1, 0.15) is 0 Å². The maximum absolute atomic E-state index is 13.3. The van der Waals surface area contributed by atoms with E-state index in [1.165, 1.54) is 27.5 Å². The first-order valence-corrected chi connectivity index (χ1v) is 12.6. The van der Waals surface area contributed by atoms with E-state index < -0.39 is 0 Å². The van der Waals surface area contributed by atoms with Crippen LogP contribution in [-0.2, 0) is 12.3 Å². The number of thioether (sulfide) groups is 1. The average Bonchev–Trinajstić information content (AvgIpc) is 3.23. The van der Waals surface area contributed by atoms with E-state index in [0.29, 0.717) is 51.1 Å². The topological polar surface area (TPSA) is 72.5 Å². The van der Waals surface area contributed by atoms with E-state index in [9.17, 15) is 9.59 Å². The van der Waals surface area contributed by atoms with Crippen LogP contribution in [0.4, 0.5) is 0 Å². The highest BCUT2D eigenvalue weighted by Gasteiger charge is 2.17. The van der Waals surface area contributed by atoms with Crippen molar-refractivity contribution in [1.82, 2.24) is 23.8 Å². The van der Waals surface area contributed by atoms with Gasteiger partial charge in [-0.25, -0.2) is 9.97 Å². The van der Waals surface area contributed by atoms with Crippen molar-refractivity contribution in [3.05, 3.63) is 68.3 Å². The SMILES string of the molecule is CC(C)N(CCn1c(SCc2cc(=O)n3ccsc3n2)nc2ccccc2c1=O)C(C)C. The molecule has 0 unspecified atom stereocenters. The van der Waals surface area contributed by atoms with Crippen LogP contribution in [0.25, 0.3) is 15.9 Å². The van der Waals surface area contributed by atoms with Crippen LogP contribution in [-0.4, -0.2) is 42.5 Å². The van der Waals surface area contributed by atoms with Crippen molar-refractivity contribution < 1.29 is 0 Å². The van der Waals surface area contributed by atoms with Gasteiger partial charge in [-0.1, -0.05) is 23.9 Å². The second kappa shape index (κ2) is 9.56. The van der Waals surface area contributed by atoms with Gasteiger partial charge in [0.25, 0.3) is 11.1 Å². The van der Waals surface area contributed by atoms with Crippen LogP contribution in [0, 0.1) is 0 Å². The molecule has 0 saturated heterocycles. The molecule has 9 heteroatoms. The van der Waals surface area contributed by atoms with E-state index in [4.69, 9.17) is 4.98 Å². The summed E-state index contributed by atoms with van der Waals surface area (Å²) in [5.41, 5.74) is 1.23. The number of para-hydroxylation sites is 1. The van der Waals surface area contributed by atoms with Gasteiger partial charge in [0.05, 0.1) is 16.6 Å². The summed E-state index contributed by atoms with van der Waals surface area (Å²) in [7, 11) is 0. The highest BCUT2D eigenvalue weighted by molar-refractivity contribution is 7.98. The lowest BCUT2D eigenvalue weighted by Crippen LogP contribution is -2.40. The van der Waals surface area contributed by atoms with Gasteiger partial charge in [-0.3, -0.25) is 23.5 Å². The van der Waals surface area contributed by atoms with Gasteiger partial charge in [-0.15, -0.1) is 11.3 Å². The lowest BCUT2D eigenvalue weighted by Gasteiger charge is -2.30. The predicted octanol–water partition coefficient (Wildman–Crippen LogP) is 3.88. The molecule has 4 aromatic rings. The zero-order valence-corrected chi connectivity index (χ0v) is 20.3. The Morgan fingerprint density at radius 3 is 2.59 bits per heavy atom. The molecule has 1 aromatic carbocycles. The quantitative estimate of drug-likeness (QED) is 0.288. The third-order valence-corrected chi connectivity index (χ3v) is 7.21. The van der Waals surface area contributed by atoms with E-state index in [1.54, 1.807) is 16.8 Å². The van der Waals surface area contributed by atoms with Crippen molar-refractivity contribution >= 4 is 39.0 Å². The number of fused-ring (bicyclic) bond motifs is 2. The Bertz CT molecular complexity index is 1350. The first-order chi connectivity index (χ1) is 15.3. The van der Waals surface area contributed by atoms with Gasteiger partial charge >= 0.3 is 0 Å². The fraction of sp³-hybridized carbons (Fsp3) is 0.391. The van der Waals surface area contributed by atoms with E-state index in [0.717, 1.165) is 6.54 Å². The van der Waals surface area contributed by atoms with Crippen molar-refractivity contribution in [1.29, 1.82) is 0 Å². The molecule has 3 aromatic heterocycles. The maximum atomic E-state index is 13.3.